The first-order valence-electron chi connectivity index (χ1n) is 4.71. The SMILES string of the molecule is Cc1ncc2c(n1)CC[C@H](C(=O)O)C2. The smallest absolute Gasteiger partial charge is 0.306 e. The second-order valence-electron chi connectivity index (χ2n) is 3.67. The molecule has 0 aliphatic heterocycles. The van der Waals surface area contributed by atoms with Gasteiger partial charge < -0.3 is 5.11 Å². The Morgan fingerprint density at radius 1 is 1.64 bits per heavy atom. The van der Waals surface area contributed by atoms with E-state index in [0.717, 1.165) is 23.5 Å². The molecule has 0 radical (unpaired) electrons. The van der Waals surface area contributed by atoms with Gasteiger partial charge in [-0.3, -0.25) is 4.79 Å². The van der Waals surface area contributed by atoms with E-state index in [1.165, 1.54) is 0 Å². The molecule has 1 aliphatic carbocycles. The molecule has 0 fully saturated rings. The Morgan fingerprint density at radius 2 is 2.43 bits per heavy atom. The second kappa shape index (κ2) is 3.36. The van der Waals surface area contributed by atoms with Gasteiger partial charge in [-0.2, -0.15) is 0 Å². The Balaban J connectivity index is 2.27. The molecule has 1 N–H and O–H groups in total. The number of fused-ring (bicyclic) bond motifs is 1. The van der Waals surface area contributed by atoms with Crippen LogP contribution in [-0.2, 0) is 17.6 Å². The lowest BCUT2D eigenvalue weighted by Gasteiger charge is -2.20. The minimum atomic E-state index is -0.712. The predicted octanol–water partition coefficient (Wildman–Crippen LogP) is 0.975. The Bertz CT molecular complexity index is 376. The molecule has 0 aromatic carbocycles. The summed E-state index contributed by atoms with van der Waals surface area (Å²) in [6.07, 6.45) is 3.78. The van der Waals surface area contributed by atoms with Crippen molar-refractivity contribution >= 4 is 5.97 Å². The van der Waals surface area contributed by atoms with Gasteiger partial charge in [0.1, 0.15) is 5.82 Å². The number of carboxylic acid groups (broad SMARTS) is 1. The summed E-state index contributed by atoms with van der Waals surface area (Å²) in [5, 5.41) is 8.88. The topological polar surface area (TPSA) is 63.1 Å². The zero-order valence-electron chi connectivity index (χ0n) is 8.03. The van der Waals surface area contributed by atoms with Crippen LogP contribution in [0, 0.1) is 12.8 Å². The van der Waals surface area contributed by atoms with Crippen molar-refractivity contribution < 1.29 is 9.90 Å². The first kappa shape index (κ1) is 9.12. The lowest BCUT2D eigenvalue weighted by atomic mass is 9.87. The second-order valence-corrected chi connectivity index (χ2v) is 3.67. The van der Waals surface area contributed by atoms with Crippen LogP contribution < -0.4 is 0 Å². The van der Waals surface area contributed by atoms with Gasteiger partial charge in [-0.15, -0.1) is 0 Å². The molecule has 4 heteroatoms. The summed E-state index contributed by atoms with van der Waals surface area (Å²) >= 11 is 0. The van der Waals surface area contributed by atoms with Crippen LogP contribution in [0.2, 0.25) is 0 Å². The number of rotatable bonds is 1. The Kier molecular flexibility index (Phi) is 2.19. The summed E-state index contributed by atoms with van der Waals surface area (Å²) in [5.41, 5.74) is 2.02. The number of carbonyl (C=O) groups is 1. The molecule has 0 amide bonds. The average Bonchev–Trinajstić information content (AvgIpc) is 2.16. The van der Waals surface area contributed by atoms with Crippen molar-refractivity contribution in [3.8, 4) is 0 Å². The molecule has 1 aromatic heterocycles. The number of hydrogen-bond acceptors (Lipinski definition) is 3. The predicted molar refractivity (Wildman–Crippen MR) is 49.9 cm³/mol. The van der Waals surface area contributed by atoms with Gasteiger partial charge >= 0.3 is 5.97 Å². The van der Waals surface area contributed by atoms with Gasteiger partial charge in [0.25, 0.3) is 0 Å². The maximum atomic E-state index is 10.8. The molecule has 1 heterocycles. The zero-order valence-corrected chi connectivity index (χ0v) is 8.03. The Morgan fingerprint density at radius 3 is 3.14 bits per heavy atom. The third-order valence-electron chi connectivity index (χ3n) is 2.62. The molecule has 74 valence electrons. The highest BCUT2D eigenvalue weighted by Gasteiger charge is 2.25. The molecular formula is C10H12N2O2. The highest BCUT2D eigenvalue weighted by atomic mass is 16.4. The Labute approximate surface area is 82.0 Å². The van der Waals surface area contributed by atoms with Gasteiger partial charge in [-0.25, -0.2) is 9.97 Å². The van der Waals surface area contributed by atoms with E-state index >= 15 is 0 Å². The van der Waals surface area contributed by atoms with Gasteiger partial charge in [0.15, 0.2) is 0 Å². The molecule has 2 rings (SSSR count). The first-order valence-corrected chi connectivity index (χ1v) is 4.71. The fourth-order valence-electron chi connectivity index (χ4n) is 1.82. The molecule has 0 saturated heterocycles. The summed E-state index contributed by atoms with van der Waals surface area (Å²) in [4.78, 5) is 19.2. The normalized spacial score (nSPS) is 20.2. The van der Waals surface area contributed by atoms with Gasteiger partial charge in [-0.1, -0.05) is 0 Å². The maximum Gasteiger partial charge on any atom is 0.306 e. The molecule has 0 bridgehead atoms. The van der Waals surface area contributed by atoms with Crippen molar-refractivity contribution in [2.24, 2.45) is 5.92 Å². The number of aromatic nitrogens is 2. The van der Waals surface area contributed by atoms with Crippen LogP contribution in [0.25, 0.3) is 0 Å². The molecule has 14 heavy (non-hydrogen) atoms. The minimum absolute atomic E-state index is 0.256. The quantitative estimate of drug-likeness (QED) is 0.720. The molecule has 1 aromatic rings. The molecular weight excluding hydrogens is 180 g/mol. The molecule has 1 atom stereocenters. The van der Waals surface area contributed by atoms with E-state index in [0.29, 0.717) is 12.8 Å². The number of hydrogen-bond donors (Lipinski definition) is 1. The number of aliphatic carboxylic acids is 1. The van der Waals surface area contributed by atoms with Crippen LogP contribution in [0.4, 0.5) is 0 Å². The van der Waals surface area contributed by atoms with Crippen LogP contribution >= 0.6 is 0 Å². The molecule has 4 nitrogen and oxygen atoms in total. The first-order chi connectivity index (χ1) is 6.66. The van der Waals surface area contributed by atoms with E-state index in [2.05, 4.69) is 9.97 Å². The summed E-state index contributed by atoms with van der Waals surface area (Å²) in [7, 11) is 0. The van der Waals surface area contributed by atoms with Crippen LogP contribution in [0.3, 0.4) is 0 Å². The summed E-state index contributed by atoms with van der Waals surface area (Å²) in [6, 6.07) is 0. The van der Waals surface area contributed by atoms with Gasteiger partial charge in [0.05, 0.1) is 5.92 Å². The Hall–Kier alpha value is -1.45. The molecule has 1 aliphatic rings. The zero-order chi connectivity index (χ0) is 10.1. The van der Waals surface area contributed by atoms with E-state index < -0.39 is 5.97 Å². The van der Waals surface area contributed by atoms with Gasteiger partial charge in [0.2, 0.25) is 0 Å². The van der Waals surface area contributed by atoms with Crippen molar-refractivity contribution in [1.82, 2.24) is 9.97 Å². The van der Waals surface area contributed by atoms with Crippen molar-refractivity contribution in [1.29, 1.82) is 0 Å². The highest BCUT2D eigenvalue weighted by Crippen LogP contribution is 2.23. The van der Waals surface area contributed by atoms with Crippen LogP contribution in [0.5, 0.6) is 0 Å². The van der Waals surface area contributed by atoms with Crippen molar-refractivity contribution in [2.45, 2.75) is 26.2 Å². The molecule has 0 spiro atoms. The van der Waals surface area contributed by atoms with E-state index in [9.17, 15) is 4.79 Å². The summed E-state index contributed by atoms with van der Waals surface area (Å²) < 4.78 is 0. The summed E-state index contributed by atoms with van der Waals surface area (Å²) in [6.45, 7) is 1.85. The largest absolute Gasteiger partial charge is 0.481 e. The average molecular weight is 192 g/mol. The monoisotopic (exact) mass is 192 g/mol. The fraction of sp³-hybridized carbons (Fsp3) is 0.500. The van der Waals surface area contributed by atoms with E-state index in [1.54, 1.807) is 6.20 Å². The van der Waals surface area contributed by atoms with Crippen molar-refractivity contribution in [2.75, 3.05) is 0 Å². The molecule has 0 saturated carbocycles. The van der Waals surface area contributed by atoms with Gasteiger partial charge in [-0.05, 0) is 31.7 Å². The van der Waals surface area contributed by atoms with Crippen molar-refractivity contribution in [3.05, 3.63) is 23.3 Å². The number of carboxylic acids is 1. The molecule has 0 unspecified atom stereocenters. The third-order valence-corrected chi connectivity index (χ3v) is 2.62. The fourth-order valence-corrected chi connectivity index (χ4v) is 1.82. The van der Waals surface area contributed by atoms with Crippen LogP contribution in [-0.4, -0.2) is 21.0 Å². The standard InChI is InChI=1S/C10H12N2O2/c1-6-11-5-8-4-7(10(13)14)2-3-9(8)12-6/h5,7H,2-4H2,1H3,(H,13,14)/t7-/m0/s1. The highest BCUT2D eigenvalue weighted by molar-refractivity contribution is 5.70. The van der Waals surface area contributed by atoms with Crippen LogP contribution in [0.15, 0.2) is 6.20 Å². The van der Waals surface area contributed by atoms with Gasteiger partial charge in [0, 0.05) is 11.9 Å². The maximum absolute atomic E-state index is 10.8. The minimum Gasteiger partial charge on any atom is -0.481 e. The van der Waals surface area contributed by atoms with E-state index in [1.807, 2.05) is 6.92 Å². The number of nitrogens with zero attached hydrogens (tertiary/aromatic N) is 2. The summed E-state index contributed by atoms with van der Waals surface area (Å²) in [5.74, 6) is -0.206. The lowest BCUT2D eigenvalue weighted by Crippen LogP contribution is -2.23. The number of aryl methyl sites for hydroxylation is 2. The lowest BCUT2D eigenvalue weighted by molar-refractivity contribution is -0.142. The van der Waals surface area contributed by atoms with E-state index in [4.69, 9.17) is 5.11 Å². The van der Waals surface area contributed by atoms with E-state index in [-0.39, 0.29) is 5.92 Å². The van der Waals surface area contributed by atoms with Crippen LogP contribution in [0.1, 0.15) is 23.5 Å². The van der Waals surface area contributed by atoms with Crippen molar-refractivity contribution in [3.63, 3.8) is 0 Å². The third kappa shape index (κ3) is 1.60.